The highest BCUT2D eigenvalue weighted by Crippen LogP contribution is 2.35. The molecule has 0 bridgehead atoms. The molecule has 2 aromatic heterocycles. The van der Waals surface area contributed by atoms with E-state index in [1.54, 1.807) is 11.9 Å². The summed E-state index contributed by atoms with van der Waals surface area (Å²) < 4.78 is 9.49. The maximum atomic E-state index is 13.0. The lowest BCUT2D eigenvalue weighted by Crippen LogP contribution is -2.49. The largest absolute Gasteiger partial charge is 0.439 e. The molecule has 2 amide bonds. The van der Waals surface area contributed by atoms with E-state index in [1.165, 1.54) is 22.5 Å². The number of ether oxygens (including phenoxy) is 1. The standard InChI is InChI=1S/C24H28N6O5/c1-15-20(16-7-5-4-6-8-16)35-24(34)30(15)17-9-11-28(12-10-17)18(31)13-29-14-25-21-19(29)22(32)27(3)23(33)26(21)2/h4-8,14-15,17,20H,9-13H2,1-3H3. The Kier molecular flexibility index (Phi) is 5.70. The van der Waals surface area contributed by atoms with Crippen LogP contribution in [0.5, 0.6) is 0 Å². The van der Waals surface area contributed by atoms with Gasteiger partial charge in [-0.1, -0.05) is 30.3 Å². The molecule has 2 atom stereocenters. The molecular formula is C24H28N6O5. The van der Waals surface area contributed by atoms with Gasteiger partial charge in [0, 0.05) is 33.2 Å². The quantitative estimate of drug-likeness (QED) is 0.551. The minimum absolute atomic E-state index is 0.00819. The zero-order valence-corrected chi connectivity index (χ0v) is 20.0. The van der Waals surface area contributed by atoms with Crippen LogP contribution in [0.2, 0.25) is 0 Å². The lowest BCUT2D eigenvalue weighted by Gasteiger charge is -2.37. The number of aryl methyl sites for hydroxylation is 1. The summed E-state index contributed by atoms with van der Waals surface area (Å²) in [7, 11) is 2.95. The predicted octanol–water partition coefficient (Wildman–Crippen LogP) is 1.01. The van der Waals surface area contributed by atoms with Crippen LogP contribution in [0.4, 0.5) is 4.79 Å². The number of rotatable bonds is 4. The lowest BCUT2D eigenvalue weighted by atomic mass is 9.98. The first-order chi connectivity index (χ1) is 16.8. The van der Waals surface area contributed by atoms with Gasteiger partial charge in [-0.15, -0.1) is 0 Å². The number of likely N-dealkylation sites (tertiary alicyclic amines) is 1. The van der Waals surface area contributed by atoms with Gasteiger partial charge in [0.05, 0.1) is 12.4 Å². The minimum Gasteiger partial charge on any atom is -0.439 e. The number of imidazole rings is 1. The molecule has 0 aliphatic carbocycles. The second kappa shape index (κ2) is 8.71. The molecule has 0 spiro atoms. The summed E-state index contributed by atoms with van der Waals surface area (Å²) in [6.07, 6.45) is 2.09. The highest BCUT2D eigenvalue weighted by Gasteiger charge is 2.44. The van der Waals surface area contributed by atoms with E-state index in [0.29, 0.717) is 25.9 Å². The highest BCUT2D eigenvalue weighted by molar-refractivity contribution is 5.79. The van der Waals surface area contributed by atoms with Gasteiger partial charge in [0.2, 0.25) is 5.91 Å². The summed E-state index contributed by atoms with van der Waals surface area (Å²) >= 11 is 0. The Labute approximate surface area is 201 Å². The molecule has 0 N–H and O–H groups in total. The molecule has 0 radical (unpaired) electrons. The van der Waals surface area contributed by atoms with Crippen molar-refractivity contribution < 1.29 is 14.3 Å². The van der Waals surface area contributed by atoms with Gasteiger partial charge in [-0.25, -0.2) is 14.6 Å². The van der Waals surface area contributed by atoms with Crippen LogP contribution in [0, 0.1) is 0 Å². The summed E-state index contributed by atoms with van der Waals surface area (Å²) in [5.41, 5.74) is 0.490. The third-order valence-corrected chi connectivity index (χ3v) is 7.18. The fourth-order valence-electron chi connectivity index (χ4n) is 5.21. The Bertz CT molecular complexity index is 1400. The monoisotopic (exact) mass is 480 g/mol. The fraction of sp³-hybridized carbons (Fsp3) is 0.458. The van der Waals surface area contributed by atoms with E-state index in [2.05, 4.69) is 4.98 Å². The number of carbonyl (C=O) groups is 2. The summed E-state index contributed by atoms with van der Waals surface area (Å²) in [6, 6.07) is 9.61. The predicted molar refractivity (Wildman–Crippen MR) is 127 cm³/mol. The molecule has 4 heterocycles. The van der Waals surface area contributed by atoms with Crippen LogP contribution in [-0.4, -0.2) is 65.7 Å². The lowest BCUT2D eigenvalue weighted by molar-refractivity contribution is -0.133. The van der Waals surface area contributed by atoms with Crippen LogP contribution in [0.15, 0.2) is 46.2 Å². The number of aromatic nitrogens is 4. The van der Waals surface area contributed by atoms with E-state index in [9.17, 15) is 19.2 Å². The van der Waals surface area contributed by atoms with Crippen molar-refractivity contribution in [2.45, 2.75) is 44.5 Å². The van der Waals surface area contributed by atoms with Gasteiger partial charge in [0.25, 0.3) is 5.56 Å². The molecule has 184 valence electrons. The van der Waals surface area contributed by atoms with Gasteiger partial charge in [-0.3, -0.25) is 23.6 Å². The van der Waals surface area contributed by atoms with Crippen LogP contribution in [0.3, 0.4) is 0 Å². The number of cyclic esters (lactones) is 1. The average molecular weight is 481 g/mol. The number of fused-ring (bicyclic) bond motifs is 1. The molecule has 11 heteroatoms. The van der Waals surface area contributed by atoms with Crippen molar-refractivity contribution in [3.8, 4) is 0 Å². The summed E-state index contributed by atoms with van der Waals surface area (Å²) in [6.45, 7) is 2.95. The number of benzene rings is 1. The number of piperidine rings is 1. The fourth-order valence-corrected chi connectivity index (χ4v) is 5.21. The van der Waals surface area contributed by atoms with Gasteiger partial charge in [-0.2, -0.15) is 0 Å². The molecule has 11 nitrogen and oxygen atoms in total. The van der Waals surface area contributed by atoms with Gasteiger partial charge >= 0.3 is 11.8 Å². The molecule has 1 aromatic carbocycles. The summed E-state index contributed by atoms with van der Waals surface area (Å²) in [5, 5.41) is 0. The summed E-state index contributed by atoms with van der Waals surface area (Å²) in [4.78, 5) is 58.2. The van der Waals surface area contributed by atoms with Crippen LogP contribution >= 0.6 is 0 Å². The maximum absolute atomic E-state index is 13.0. The molecule has 3 aromatic rings. The van der Waals surface area contributed by atoms with E-state index < -0.39 is 11.2 Å². The van der Waals surface area contributed by atoms with Crippen molar-refractivity contribution in [2.75, 3.05) is 13.1 Å². The second-order valence-corrected chi connectivity index (χ2v) is 9.23. The second-order valence-electron chi connectivity index (χ2n) is 9.23. The molecule has 2 saturated heterocycles. The SMILES string of the molecule is CC1C(c2ccccc2)OC(=O)N1C1CCN(C(=O)Cn2cnc3c2c(=O)n(C)c(=O)n3C)CC1. The zero-order chi connectivity index (χ0) is 24.9. The van der Waals surface area contributed by atoms with E-state index >= 15 is 0 Å². The van der Waals surface area contributed by atoms with Crippen LogP contribution in [0.1, 0.15) is 31.4 Å². The molecular weight excluding hydrogens is 452 g/mol. The number of nitrogens with zero attached hydrogens (tertiary/aromatic N) is 6. The van der Waals surface area contributed by atoms with Gasteiger partial charge < -0.3 is 14.2 Å². The molecule has 2 aliphatic heterocycles. The van der Waals surface area contributed by atoms with E-state index in [-0.39, 0.29) is 47.9 Å². The van der Waals surface area contributed by atoms with Crippen LogP contribution in [-0.2, 0) is 30.2 Å². The van der Waals surface area contributed by atoms with Crippen molar-refractivity contribution in [1.82, 2.24) is 28.5 Å². The third kappa shape index (κ3) is 3.80. The van der Waals surface area contributed by atoms with Crippen LogP contribution in [0.25, 0.3) is 11.2 Å². The first-order valence-electron chi connectivity index (χ1n) is 11.7. The molecule has 35 heavy (non-hydrogen) atoms. The number of hydrogen-bond acceptors (Lipinski definition) is 6. The zero-order valence-electron chi connectivity index (χ0n) is 20.0. The van der Waals surface area contributed by atoms with Crippen molar-refractivity contribution in [3.05, 3.63) is 63.1 Å². The first-order valence-corrected chi connectivity index (χ1v) is 11.7. The van der Waals surface area contributed by atoms with Crippen molar-refractivity contribution >= 4 is 23.2 Å². The number of hydrogen-bond donors (Lipinski definition) is 0. The minimum atomic E-state index is -0.485. The Morgan fingerprint density at radius 2 is 1.74 bits per heavy atom. The number of amides is 2. The Hall–Kier alpha value is -3.89. The number of carbonyl (C=O) groups excluding carboxylic acids is 2. The van der Waals surface area contributed by atoms with Crippen molar-refractivity contribution in [3.63, 3.8) is 0 Å². The van der Waals surface area contributed by atoms with E-state index in [4.69, 9.17) is 4.74 Å². The Balaban J connectivity index is 1.26. The molecule has 0 saturated carbocycles. The smallest absolute Gasteiger partial charge is 0.411 e. The molecule has 2 fully saturated rings. The van der Waals surface area contributed by atoms with Crippen LogP contribution < -0.4 is 11.2 Å². The Morgan fingerprint density at radius 1 is 1.06 bits per heavy atom. The van der Waals surface area contributed by atoms with E-state index in [1.807, 2.05) is 42.2 Å². The normalized spacial score (nSPS) is 21.1. The van der Waals surface area contributed by atoms with Crippen molar-refractivity contribution in [2.24, 2.45) is 14.1 Å². The molecule has 2 aliphatic rings. The van der Waals surface area contributed by atoms with Gasteiger partial charge in [0.1, 0.15) is 12.6 Å². The van der Waals surface area contributed by atoms with Gasteiger partial charge in [-0.05, 0) is 25.3 Å². The van der Waals surface area contributed by atoms with Gasteiger partial charge in [0.15, 0.2) is 11.2 Å². The maximum Gasteiger partial charge on any atom is 0.411 e. The van der Waals surface area contributed by atoms with Crippen molar-refractivity contribution in [1.29, 1.82) is 0 Å². The molecule has 5 rings (SSSR count). The summed E-state index contributed by atoms with van der Waals surface area (Å²) in [5.74, 6) is -0.141. The highest BCUT2D eigenvalue weighted by atomic mass is 16.6. The topological polar surface area (TPSA) is 112 Å². The Morgan fingerprint density at radius 3 is 2.43 bits per heavy atom. The van der Waals surface area contributed by atoms with E-state index in [0.717, 1.165) is 10.1 Å². The first kappa shape index (κ1) is 22.9. The third-order valence-electron chi connectivity index (χ3n) is 7.18. The molecule has 2 unspecified atom stereocenters. The average Bonchev–Trinajstić information content (AvgIpc) is 3.42.